The van der Waals surface area contributed by atoms with Gasteiger partial charge in [0.15, 0.2) is 11.2 Å². The highest BCUT2D eigenvalue weighted by Gasteiger charge is 2.44. The fourth-order valence-electron chi connectivity index (χ4n) is 3.32. The summed E-state index contributed by atoms with van der Waals surface area (Å²) >= 11 is 0. The van der Waals surface area contributed by atoms with E-state index < -0.39 is 17.0 Å². The number of para-hydroxylation sites is 1. The third-order valence-corrected chi connectivity index (χ3v) is 4.76. The quantitative estimate of drug-likeness (QED) is 0.353. The highest BCUT2D eigenvalue weighted by molar-refractivity contribution is 6.06. The molecule has 0 amide bonds. The van der Waals surface area contributed by atoms with Crippen molar-refractivity contribution in [2.24, 2.45) is 7.05 Å². The number of ether oxygens (including phenoxy) is 1. The van der Waals surface area contributed by atoms with E-state index in [0.29, 0.717) is 11.1 Å². The van der Waals surface area contributed by atoms with Crippen LogP contribution in [0.2, 0.25) is 0 Å². The van der Waals surface area contributed by atoms with Crippen LogP contribution in [0.3, 0.4) is 0 Å². The first-order valence-electron chi connectivity index (χ1n) is 9.66. The Morgan fingerprint density at radius 1 is 1.03 bits per heavy atom. The first kappa shape index (κ1) is 21.1. The Kier molecular flexibility index (Phi) is 5.62. The summed E-state index contributed by atoms with van der Waals surface area (Å²) in [4.78, 5) is 26.0. The Bertz CT molecular complexity index is 1160. The maximum Gasteiger partial charge on any atom is 0.335 e. The van der Waals surface area contributed by atoms with E-state index in [1.54, 1.807) is 51.2 Å². The standard InChI is InChI=1S/C25H24N2O3/c1-24(2,3)30-23(29)25(17-26,15-14-22(28)18-10-6-5-7-11-18)20-16-27(4)21-13-9-8-12-19(20)21/h5-16H,1-4H3/b15-14-/t25-/m0/s1. The fourth-order valence-corrected chi connectivity index (χ4v) is 3.32. The number of hydrogen-bond acceptors (Lipinski definition) is 4. The first-order chi connectivity index (χ1) is 14.2. The first-order valence-corrected chi connectivity index (χ1v) is 9.66. The maximum absolute atomic E-state index is 13.3. The van der Waals surface area contributed by atoms with Gasteiger partial charge in [0, 0.05) is 35.3 Å². The molecule has 2 aromatic carbocycles. The molecule has 0 fully saturated rings. The molecule has 1 heterocycles. The number of rotatable bonds is 5. The molecule has 0 unspecified atom stereocenters. The van der Waals surface area contributed by atoms with Gasteiger partial charge in [-0.25, -0.2) is 4.79 Å². The monoisotopic (exact) mass is 400 g/mol. The molecular weight excluding hydrogens is 376 g/mol. The summed E-state index contributed by atoms with van der Waals surface area (Å²) in [6.07, 6.45) is 4.39. The fraction of sp³-hybridized carbons (Fsp3) is 0.240. The Labute approximate surface area is 176 Å². The van der Waals surface area contributed by atoms with Crippen molar-refractivity contribution < 1.29 is 14.3 Å². The number of ketones is 1. The molecular formula is C25H24N2O3. The van der Waals surface area contributed by atoms with Crippen molar-refractivity contribution >= 4 is 22.7 Å². The summed E-state index contributed by atoms with van der Waals surface area (Å²) in [6.45, 7) is 5.24. The third kappa shape index (κ3) is 4.04. The number of fused-ring (bicyclic) bond motifs is 1. The molecule has 5 heteroatoms. The molecule has 0 radical (unpaired) electrons. The number of benzene rings is 2. The lowest BCUT2D eigenvalue weighted by atomic mass is 9.80. The molecule has 152 valence electrons. The lowest BCUT2D eigenvalue weighted by Gasteiger charge is -2.27. The van der Waals surface area contributed by atoms with Gasteiger partial charge in [-0.05, 0) is 39.0 Å². The van der Waals surface area contributed by atoms with Gasteiger partial charge in [-0.2, -0.15) is 5.26 Å². The molecule has 0 bridgehead atoms. The minimum Gasteiger partial charge on any atom is -0.458 e. The number of nitrogens with zero attached hydrogens (tertiary/aromatic N) is 2. The lowest BCUT2D eigenvalue weighted by Crippen LogP contribution is -2.39. The van der Waals surface area contributed by atoms with Crippen molar-refractivity contribution in [3.05, 3.63) is 84.1 Å². The van der Waals surface area contributed by atoms with E-state index in [2.05, 4.69) is 6.07 Å². The van der Waals surface area contributed by atoms with Crippen molar-refractivity contribution in [1.82, 2.24) is 4.57 Å². The van der Waals surface area contributed by atoms with Crippen LogP contribution >= 0.6 is 0 Å². The summed E-state index contributed by atoms with van der Waals surface area (Å²) < 4.78 is 7.47. The summed E-state index contributed by atoms with van der Waals surface area (Å²) in [5.41, 5.74) is -0.727. The van der Waals surface area contributed by atoms with Gasteiger partial charge >= 0.3 is 5.97 Å². The third-order valence-electron chi connectivity index (χ3n) is 4.76. The molecule has 30 heavy (non-hydrogen) atoms. The number of esters is 1. The minimum absolute atomic E-state index is 0.293. The van der Waals surface area contributed by atoms with Crippen LogP contribution in [-0.4, -0.2) is 21.9 Å². The average molecular weight is 400 g/mol. The van der Waals surface area contributed by atoms with Gasteiger partial charge < -0.3 is 9.30 Å². The van der Waals surface area contributed by atoms with E-state index in [4.69, 9.17) is 4.74 Å². The summed E-state index contributed by atoms with van der Waals surface area (Å²) in [6, 6.07) is 18.4. The van der Waals surface area contributed by atoms with Crippen LogP contribution in [0.25, 0.3) is 10.9 Å². The molecule has 1 atom stereocenters. The normalized spacial score (nSPS) is 13.7. The van der Waals surface area contributed by atoms with Crippen LogP contribution in [0.15, 0.2) is 72.9 Å². The number of aryl methyl sites for hydroxylation is 1. The second-order valence-corrected chi connectivity index (χ2v) is 8.16. The molecule has 0 aliphatic heterocycles. The average Bonchev–Trinajstić information content (AvgIpc) is 3.05. The zero-order valence-electron chi connectivity index (χ0n) is 17.5. The Balaban J connectivity index is 2.18. The van der Waals surface area contributed by atoms with Gasteiger partial charge in [-0.15, -0.1) is 0 Å². The SMILES string of the molecule is Cn1cc([C@@](C#N)(/C=C\C(=O)c2ccccc2)C(=O)OC(C)(C)C)c2ccccc21. The number of allylic oxidation sites excluding steroid dienone is 1. The molecule has 0 aliphatic carbocycles. The molecule has 3 rings (SSSR count). The van der Waals surface area contributed by atoms with Crippen LogP contribution in [0.5, 0.6) is 0 Å². The highest BCUT2D eigenvalue weighted by atomic mass is 16.6. The molecule has 5 nitrogen and oxygen atoms in total. The van der Waals surface area contributed by atoms with Crippen LogP contribution in [0, 0.1) is 11.3 Å². The van der Waals surface area contributed by atoms with Crippen molar-refractivity contribution in [3.8, 4) is 6.07 Å². The van der Waals surface area contributed by atoms with E-state index in [-0.39, 0.29) is 5.78 Å². The molecule has 0 saturated heterocycles. The predicted molar refractivity (Wildman–Crippen MR) is 116 cm³/mol. The van der Waals surface area contributed by atoms with E-state index in [1.807, 2.05) is 41.9 Å². The largest absolute Gasteiger partial charge is 0.458 e. The minimum atomic E-state index is -1.77. The smallest absolute Gasteiger partial charge is 0.335 e. The second kappa shape index (κ2) is 8.00. The Morgan fingerprint density at radius 2 is 1.67 bits per heavy atom. The van der Waals surface area contributed by atoms with Crippen LogP contribution in [0.1, 0.15) is 36.7 Å². The van der Waals surface area contributed by atoms with Crippen LogP contribution in [-0.2, 0) is 22.0 Å². The van der Waals surface area contributed by atoms with Crippen LogP contribution in [0.4, 0.5) is 0 Å². The summed E-state index contributed by atoms with van der Waals surface area (Å²) in [7, 11) is 1.85. The van der Waals surface area contributed by atoms with Crippen molar-refractivity contribution in [2.75, 3.05) is 0 Å². The molecule has 0 aliphatic rings. The van der Waals surface area contributed by atoms with Gasteiger partial charge in [0.1, 0.15) is 5.60 Å². The topological polar surface area (TPSA) is 72.1 Å². The van der Waals surface area contributed by atoms with Gasteiger partial charge in [0.05, 0.1) is 6.07 Å². The lowest BCUT2D eigenvalue weighted by molar-refractivity contribution is -0.158. The van der Waals surface area contributed by atoms with E-state index in [0.717, 1.165) is 10.9 Å². The summed E-state index contributed by atoms with van der Waals surface area (Å²) in [5, 5.41) is 11.0. The van der Waals surface area contributed by atoms with Crippen molar-refractivity contribution in [3.63, 3.8) is 0 Å². The number of carbonyl (C=O) groups excluding carboxylic acids is 2. The van der Waals surface area contributed by atoms with Crippen molar-refractivity contribution in [1.29, 1.82) is 5.26 Å². The van der Waals surface area contributed by atoms with Crippen LogP contribution < -0.4 is 0 Å². The number of aromatic nitrogens is 1. The molecule has 1 aromatic heterocycles. The summed E-state index contributed by atoms with van der Waals surface area (Å²) in [5.74, 6) is -1.01. The molecule has 3 aromatic rings. The number of nitriles is 1. The Morgan fingerprint density at radius 3 is 2.30 bits per heavy atom. The number of carbonyl (C=O) groups is 2. The van der Waals surface area contributed by atoms with Gasteiger partial charge in [-0.1, -0.05) is 48.5 Å². The molecule has 0 saturated carbocycles. The molecule has 0 N–H and O–H groups in total. The number of hydrogen-bond donors (Lipinski definition) is 0. The maximum atomic E-state index is 13.3. The van der Waals surface area contributed by atoms with Gasteiger partial charge in [0.2, 0.25) is 0 Å². The predicted octanol–water partition coefficient (Wildman–Crippen LogP) is 4.72. The van der Waals surface area contributed by atoms with E-state index >= 15 is 0 Å². The Hall–Kier alpha value is -3.65. The van der Waals surface area contributed by atoms with Gasteiger partial charge in [0.25, 0.3) is 0 Å². The zero-order chi connectivity index (χ0) is 21.9. The second-order valence-electron chi connectivity index (χ2n) is 8.16. The zero-order valence-corrected chi connectivity index (χ0v) is 17.5. The molecule has 0 spiro atoms. The van der Waals surface area contributed by atoms with E-state index in [9.17, 15) is 14.9 Å². The van der Waals surface area contributed by atoms with Gasteiger partial charge in [-0.3, -0.25) is 4.79 Å². The highest BCUT2D eigenvalue weighted by Crippen LogP contribution is 2.35. The van der Waals surface area contributed by atoms with Crippen molar-refractivity contribution in [2.45, 2.75) is 31.8 Å². The van der Waals surface area contributed by atoms with E-state index in [1.165, 1.54) is 12.2 Å².